The molecule has 1 amide bonds. The molecule has 1 unspecified atom stereocenters. The Morgan fingerprint density at radius 3 is 2.95 bits per heavy atom. The van der Waals surface area contributed by atoms with E-state index in [1.165, 1.54) is 12.4 Å². The quantitative estimate of drug-likeness (QED) is 0.927. The summed E-state index contributed by atoms with van der Waals surface area (Å²) in [6.45, 7) is 0.647. The van der Waals surface area contributed by atoms with Crippen molar-refractivity contribution in [2.45, 2.75) is 38.1 Å². The predicted molar refractivity (Wildman–Crippen MR) is 74.8 cm³/mol. The largest absolute Gasteiger partial charge is 0.481 e. The number of hydrogen-bond donors (Lipinski definition) is 1. The molecular formula is C14H17ClN2O3. The van der Waals surface area contributed by atoms with Crippen LogP contribution in [0.3, 0.4) is 0 Å². The van der Waals surface area contributed by atoms with Crippen LogP contribution in [0.15, 0.2) is 18.5 Å². The highest BCUT2D eigenvalue weighted by atomic mass is 35.5. The third-order valence-corrected chi connectivity index (χ3v) is 3.91. The zero-order valence-electron chi connectivity index (χ0n) is 11.1. The van der Waals surface area contributed by atoms with Gasteiger partial charge in [-0.05, 0) is 31.7 Å². The van der Waals surface area contributed by atoms with Gasteiger partial charge in [0, 0.05) is 31.4 Å². The Morgan fingerprint density at radius 1 is 1.45 bits per heavy atom. The van der Waals surface area contributed by atoms with E-state index in [-0.39, 0.29) is 18.4 Å². The molecule has 1 fully saturated rings. The maximum Gasteiger partial charge on any atom is 0.303 e. The Labute approximate surface area is 122 Å². The minimum absolute atomic E-state index is 0.0244. The Bertz CT molecular complexity index is 507. The lowest BCUT2D eigenvalue weighted by Crippen LogP contribution is -2.44. The summed E-state index contributed by atoms with van der Waals surface area (Å²) in [7, 11) is 0. The molecule has 1 saturated heterocycles. The summed E-state index contributed by atoms with van der Waals surface area (Å²) in [4.78, 5) is 28.9. The molecule has 1 atom stereocenters. The van der Waals surface area contributed by atoms with Gasteiger partial charge in [-0.25, -0.2) is 0 Å². The molecule has 0 aliphatic carbocycles. The van der Waals surface area contributed by atoms with Crippen LogP contribution in [0, 0.1) is 0 Å². The molecule has 0 bridgehead atoms. The molecule has 0 aromatic carbocycles. The van der Waals surface area contributed by atoms with Gasteiger partial charge in [0.05, 0.1) is 10.6 Å². The van der Waals surface area contributed by atoms with E-state index in [1.807, 2.05) is 0 Å². The van der Waals surface area contributed by atoms with Gasteiger partial charge >= 0.3 is 5.97 Å². The van der Waals surface area contributed by atoms with Crippen molar-refractivity contribution in [3.05, 3.63) is 29.0 Å². The fraction of sp³-hybridized carbons (Fsp3) is 0.500. The number of nitrogens with zero attached hydrogens (tertiary/aromatic N) is 2. The fourth-order valence-electron chi connectivity index (χ4n) is 2.55. The van der Waals surface area contributed by atoms with E-state index in [0.717, 1.165) is 19.3 Å². The molecule has 2 heterocycles. The first-order valence-corrected chi connectivity index (χ1v) is 7.09. The molecule has 0 radical (unpaired) electrons. The molecule has 1 aromatic heterocycles. The van der Waals surface area contributed by atoms with Gasteiger partial charge in [-0.15, -0.1) is 0 Å². The van der Waals surface area contributed by atoms with Crippen LogP contribution in [0.1, 0.15) is 42.5 Å². The monoisotopic (exact) mass is 296 g/mol. The number of halogens is 1. The van der Waals surface area contributed by atoms with E-state index < -0.39 is 5.97 Å². The normalized spacial score (nSPS) is 18.9. The number of carboxylic acid groups (broad SMARTS) is 1. The van der Waals surface area contributed by atoms with Gasteiger partial charge in [-0.1, -0.05) is 11.6 Å². The first-order valence-electron chi connectivity index (χ1n) is 6.72. The first kappa shape index (κ1) is 14.8. The Hall–Kier alpha value is -1.62. The maximum atomic E-state index is 12.5. The van der Waals surface area contributed by atoms with E-state index in [1.54, 1.807) is 11.0 Å². The Morgan fingerprint density at radius 2 is 2.25 bits per heavy atom. The highest BCUT2D eigenvalue weighted by Gasteiger charge is 2.28. The van der Waals surface area contributed by atoms with Gasteiger partial charge in [0.1, 0.15) is 0 Å². The molecule has 2 rings (SSSR count). The number of carboxylic acids is 1. The summed E-state index contributed by atoms with van der Waals surface area (Å²) in [5.41, 5.74) is 0.386. The number of carbonyl (C=O) groups excluding carboxylic acids is 1. The van der Waals surface area contributed by atoms with Crippen molar-refractivity contribution in [3.8, 4) is 0 Å². The molecule has 108 valence electrons. The lowest BCUT2D eigenvalue weighted by molar-refractivity contribution is -0.137. The van der Waals surface area contributed by atoms with Gasteiger partial charge in [0.25, 0.3) is 5.91 Å². The number of aromatic nitrogens is 1. The van der Waals surface area contributed by atoms with Crippen molar-refractivity contribution in [1.82, 2.24) is 9.88 Å². The number of rotatable bonds is 4. The summed E-state index contributed by atoms with van der Waals surface area (Å²) in [5.74, 6) is -0.986. The maximum absolute atomic E-state index is 12.5. The molecule has 1 aromatic rings. The summed E-state index contributed by atoms with van der Waals surface area (Å²) < 4.78 is 0. The van der Waals surface area contributed by atoms with Crippen molar-refractivity contribution in [2.75, 3.05) is 6.54 Å². The van der Waals surface area contributed by atoms with Crippen LogP contribution >= 0.6 is 11.6 Å². The van der Waals surface area contributed by atoms with Crippen molar-refractivity contribution in [2.24, 2.45) is 0 Å². The number of piperidine rings is 1. The van der Waals surface area contributed by atoms with Gasteiger partial charge in [0.2, 0.25) is 0 Å². The standard InChI is InChI=1S/C14H17ClN2O3/c15-12-6-7-16-9-11(12)14(20)17-8-2-1-3-10(17)4-5-13(18)19/h6-7,9-10H,1-5,8H2,(H,18,19). The van der Waals surface area contributed by atoms with Crippen LogP contribution in [0.2, 0.25) is 5.02 Å². The van der Waals surface area contributed by atoms with E-state index in [0.29, 0.717) is 23.6 Å². The predicted octanol–water partition coefficient (Wildman–Crippen LogP) is 2.59. The lowest BCUT2D eigenvalue weighted by atomic mass is 9.97. The second-order valence-electron chi connectivity index (χ2n) is 4.94. The van der Waals surface area contributed by atoms with Crippen LogP contribution in [0.5, 0.6) is 0 Å². The molecule has 1 aliphatic rings. The molecular weight excluding hydrogens is 280 g/mol. The summed E-state index contributed by atoms with van der Waals surface area (Å²) in [6, 6.07) is 1.56. The summed E-state index contributed by atoms with van der Waals surface area (Å²) in [5, 5.41) is 9.18. The molecule has 20 heavy (non-hydrogen) atoms. The third-order valence-electron chi connectivity index (χ3n) is 3.58. The van der Waals surface area contributed by atoms with Crippen molar-refractivity contribution in [3.63, 3.8) is 0 Å². The molecule has 0 spiro atoms. The molecule has 5 nitrogen and oxygen atoms in total. The Kier molecular flexibility index (Phi) is 4.95. The zero-order chi connectivity index (χ0) is 14.5. The summed E-state index contributed by atoms with van der Waals surface area (Å²) >= 11 is 6.03. The number of pyridine rings is 1. The zero-order valence-corrected chi connectivity index (χ0v) is 11.8. The number of likely N-dealkylation sites (tertiary alicyclic amines) is 1. The second-order valence-corrected chi connectivity index (χ2v) is 5.34. The van der Waals surface area contributed by atoms with Crippen LogP contribution in [-0.4, -0.2) is 39.5 Å². The second kappa shape index (κ2) is 6.70. The van der Waals surface area contributed by atoms with Crippen LogP contribution in [0.4, 0.5) is 0 Å². The number of hydrogen-bond acceptors (Lipinski definition) is 3. The van der Waals surface area contributed by atoms with Crippen LogP contribution in [-0.2, 0) is 4.79 Å². The third kappa shape index (κ3) is 3.48. The lowest BCUT2D eigenvalue weighted by Gasteiger charge is -2.35. The average molecular weight is 297 g/mol. The van der Waals surface area contributed by atoms with Crippen molar-refractivity contribution >= 4 is 23.5 Å². The SMILES string of the molecule is O=C(O)CCC1CCCCN1C(=O)c1cnccc1Cl. The Balaban J connectivity index is 2.13. The highest BCUT2D eigenvalue weighted by molar-refractivity contribution is 6.33. The minimum Gasteiger partial charge on any atom is -0.481 e. The van der Waals surface area contributed by atoms with E-state index in [4.69, 9.17) is 16.7 Å². The van der Waals surface area contributed by atoms with Gasteiger partial charge < -0.3 is 10.0 Å². The topological polar surface area (TPSA) is 70.5 Å². The fourth-order valence-corrected chi connectivity index (χ4v) is 2.73. The molecule has 6 heteroatoms. The van der Waals surface area contributed by atoms with Crippen molar-refractivity contribution in [1.29, 1.82) is 0 Å². The smallest absolute Gasteiger partial charge is 0.303 e. The summed E-state index contributed by atoms with van der Waals surface area (Å²) in [6.07, 6.45) is 6.37. The minimum atomic E-state index is -0.831. The average Bonchev–Trinajstić information content (AvgIpc) is 2.45. The molecule has 1 aliphatic heterocycles. The van der Waals surface area contributed by atoms with Crippen LogP contribution in [0.25, 0.3) is 0 Å². The molecule has 1 N–H and O–H groups in total. The van der Waals surface area contributed by atoms with E-state index >= 15 is 0 Å². The van der Waals surface area contributed by atoms with Gasteiger partial charge in [-0.2, -0.15) is 0 Å². The number of carbonyl (C=O) groups is 2. The van der Waals surface area contributed by atoms with Crippen LogP contribution < -0.4 is 0 Å². The van der Waals surface area contributed by atoms with Gasteiger partial charge in [-0.3, -0.25) is 14.6 Å². The van der Waals surface area contributed by atoms with Crippen molar-refractivity contribution < 1.29 is 14.7 Å². The molecule has 0 saturated carbocycles. The number of aliphatic carboxylic acids is 1. The number of amides is 1. The van der Waals surface area contributed by atoms with Gasteiger partial charge in [0.15, 0.2) is 0 Å². The van der Waals surface area contributed by atoms with E-state index in [2.05, 4.69) is 4.98 Å². The highest BCUT2D eigenvalue weighted by Crippen LogP contribution is 2.25. The first-order chi connectivity index (χ1) is 9.59. The van der Waals surface area contributed by atoms with E-state index in [9.17, 15) is 9.59 Å².